The van der Waals surface area contributed by atoms with Crippen LogP contribution in [0.2, 0.25) is 5.02 Å². The second kappa shape index (κ2) is 16.2. The van der Waals surface area contributed by atoms with Gasteiger partial charge >= 0.3 is 0 Å². The molecule has 5 aliphatic rings. The van der Waals surface area contributed by atoms with Gasteiger partial charge in [-0.15, -0.1) is 0 Å². The van der Waals surface area contributed by atoms with E-state index in [-0.39, 0.29) is 41.0 Å². The minimum atomic E-state index is -1.47. The minimum absolute atomic E-state index is 0.124. The fourth-order valence-electron chi connectivity index (χ4n) is 8.84. The molecular weight excluding hydrogens is 670 g/mol. The van der Waals surface area contributed by atoms with E-state index in [0.29, 0.717) is 24.0 Å². The molecule has 2 aromatic carbocycles. The lowest BCUT2D eigenvalue weighted by Gasteiger charge is -2.45. The van der Waals surface area contributed by atoms with Crippen molar-refractivity contribution in [2.45, 2.75) is 115 Å². The first kappa shape index (κ1) is 37.6. The maximum Gasteiger partial charge on any atom is 0.263 e. The normalized spacial score (nSPS) is 30.4. The lowest BCUT2D eigenvalue weighted by molar-refractivity contribution is -0.102. The van der Waals surface area contributed by atoms with E-state index in [9.17, 15) is 9.00 Å². The number of hydrogen-bond donors (Lipinski definition) is 1. The summed E-state index contributed by atoms with van der Waals surface area (Å²) in [6.45, 7) is 14.3. The summed E-state index contributed by atoms with van der Waals surface area (Å²) in [7, 11) is 0.654. The topological polar surface area (TPSA) is 80.3 Å². The number of hydrogen-bond acceptors (Lipinski definition) is 7. The molecule has 2 aliphatic carbocycles. The summed E-state index contributed by atoms with van der Waals surface area (Å²) < 4.78 is 35.4. The van der Waals surface area contributed by atoms with Gasteiger partial charge in [-0.25, -0.2) is 4.21 Å². The highest BCUT2D eigenvalue weighted by molar-refractivity contribution is 7.84. The highest BCUT2D eigenvalue weighted by Gasteiger charge is 2.46. The second-order valence-corrected chi connectivity index (χ2v) is 17.3. The first-order valence-electron chi connectivity index (χ1n) is 19.1. The number of likely N-dealkylation sites (tertiary alicyclic amines) is 1. The second-order valence-electron chi connectivity index (χ2n) is 15.3. The number of ether oxygens (including phenoxy) is 3. The predicted octanol–water partition coefficient (Wildman–Crippen LogP) is 7.53. The molecule has 2 saturated heterocycles. The summed E-state index contributed by atoms with van der Waals surface area (Å²) in [4.78, 5) is 18.3. The van der Waals surface area contributed by atoms with E-state index in [1.165, 1.54) is 17.5 Å². The van der Waals surface area contributed by atoms with Crippen LogP contribution in [0.5, 0.6) is 5.75 Å². The zero-order valence-corrected chi connectivity index (χ0v) is 32.5. The molecule has 1 N–H and O–H groups in total. The molecule has 50 heavy (non-hydrogen) atoms. The maximum absolute atomic E-state index is 13.5. The van der Waals surface area contributed by atoms with Gasteiger partial charge in [0.05, 0.1) is 17.5 Å². The van der Waals surface area contributed by atoms with Crippen LogP contribution in [-0.4, -0.2) is 78.6 Å². The van der Waals surface area contributed by atoms with E-state index in [1.54, 1.807) is 0 Å². The molecule has 3 fully saturated rings. The summed E-state index contributed by atoms with van der Waals surface area (Å²) in [6.07, 6.45) is 8.63. The molecule has 276 valence electrons. The number of carbonyl (C=O) groups excluding carboxylic acids is 1. The highest BCUT2D eigenvalue weighted by atomic mass is 35.5. The van der Waals surface area contributed by atoms with E-state index < -0.39 is 11.0 Å². The highest BCUT2D eigenvalue weighted by Crippen LogP contribution is 2.47. The van der Waals surface area contributed by atoms with Gasteiger partial charge in [-0.2, -0.15) is 0 Å². The fourth-order valence-corrected chi connectivity index (χ4v) is 10.1. The van der Waals surface area contributed by atoms with Crippen LogP contribution in [0.3, 0.4) is 0 Å². The largest absolute Gasteiger partial charge is 0.490 e. The quantitative estimate of drug-likeness (QED) is 0.271. The van der Waals surface area contributed by atoms with Gasteiger partial charge in [-0.1, -0.05) is 51.8 Å². The first-order chi connectivity index (χ1) is 24.1. The SMILES string of the molecule is CC.CCCC(C)C(C)S(=O)NC(=O)c1ccc2c(c1)N(CC1CCC1CC1OC3CN(C)CC3O1)C[C@@]1(CCCc3cc(Cl)ccc31)CO2. The molecule has 3 aliphatic heterocycles. The molecule has 0 radical (unpaired) electrons. The summed E-state index contributed by atoms with van der Waals surface area (Å²) in [5, 5.41) is 0.648. The summed E-state index contributed by atoms with van der Waals surface area (Å²) in [5.41, 5.74) is 3.90. The number of nitrogens with zero attached hydrogens (tertiary/aromatic N) is 2. The van der Waals surface area contributed by atoms with Crippen LogP contribution in [0.1, 0.15) is 101 Å². The van der Waals surface area contributed by atoms with Crippen LogP contribution >= 0.6 is 11.6 Å². The van der Waals surface area contributed by atoms with E-state index >= 15 is 0 Å². The number of likely N-dealkylation sites (N-methyl/N-ethyl adjacent to an activating group) is 1. The van der Waals surface area contributed by atoms with Crippen molar-refractivity contribution in [3.8, 4) is 5.75 Å². The number of fused-ring (bicyclic) bond motifs is 4. The van der Waals surface area contributed by atoms with Crippen molar-refractivity contribution in [1.82, 2.24) is 9.62 Å². The van der Waals surface area contributed by atoms with Crippen LogP contribution in [0.25, 0.3) is 0 Å². The van der Waals surface area contributed by atoms with Crippen molar-refractivity contribution < 1.29 is 23.2 Å². The molecule has 7 rings (SSSR count). The number of rotatable bonds is 10. The van der Waals surface area contributed by atoms with Crippen LogP contribution in [0.15, 0.2) is 36.4 Å². The first-order valence-corrected chi connectivity index (χ1v) is 20.7. The van der Waals surface area contributed by atoms with Crippen molar-refractivity contribution in [2.75, 3.05) is 44.7 Å². The molecule has 7 unspecified atom stereocenters. The number of aryl methyl sites for hydroxylation is 1. The lowest BCUT2D eigenvalue weighted by Crippen LogP contribution is -2.48. The van der Waals surface area contributed by atoms with E-state index in [0.717, 1.165) is 87.6 Å². The smallest absolute Gasteiger partial charge is 0.263 e. The average molecular weight is 728 g/mol. The molecule has 3 heterocycles. The van der Waals surface area contributed by atoms with Crippen LogP contribution in [-0.2, 0) is 32.3 Å². The molecule has 0 aromatic heterocycles. The van der Waals surface area contributed by atoms with Crippen molar-refractivity contribution in [2.24, 2.45) is 17.8 Å². The molecule has 8 nitrogen and oxygen atoms in total. The van der Waals surface area contributed by atoms with Gasteiger partial charge in [-0.3, -0.25) is 9.52 Å². The Morgan fingerprint density at radius 2 is 1.82 bits per heavy atom. The van der Waals surface area contributed by atoms with Gasteiger partial charge in [-0.05, 0) is 112 Å². The summed E-state index contributed by atoms with van der Waals surface area (Å²) in [6, 6.07) is 12.0. The Hall–Kier alpha value is -2.17. The summed E-state index contributed by atoms with van der Waals surface area (Å²) >= 11 is 6.47. The molecule has 8 atom stereocenters. The number of benzene rings is 2. The Balaban J connectivity index is 0.00000212. The van der Waals surface area contributed by atoms with Crippen molar-refractivity contribution in [3.63, 3.8) is 0 Å². The standard InChI is InChI=1S/C38H52ClN3O5S.C2H6/c1-5-7-24(2)25(3)48(44)40-37(43)28-11-14-33-32(17-28)42(22-38(23-45-33)15-6-8-27-16-30(39)12-13-31(27)38)19-29-10-9-26(29)18-36-46-34-20-41(4)21-35(34)47-36;1-2/h11-14,16-17,24-26,29,34-36H,5-10,15,18-23H2,1-4H3,(H,40,43);1-2H3/t24?,25?,26?,29?,34?,35?,36?,38-,48?;/m0./s1. The Labute approximate surface area is 307 Å². The number of nitrogens with one attached hydrogen (secondary N) is 1. The number of carbonyl (C=O) groups is 1. The van der Waals surface area contributed by atoms with Crippen molar-refractivity contribution in [3.05, 3.63) is 58.1 Å². The Bertz CT molecular complexity index is 1510. The van der Waals surface area contributed by atoms with Crippen LogP contribution < -0.4 is 14.4 Å². The van der Waals surface area contributed by atoms with Crippen LogP contribution in [0, 0.1) is 17.8 Å². The third kappa shape index (κ3) is 7.92. The zero-order valence-electron chi connectivity index (χ0n) is 30.9. The third-order valence-electron chi connectivity index (χ3n) is 12.0. The molecular formula is C40H58ClN3O5S. The van der Waals surface area contributed by atoms with Gasteiger partial charge in [0, 0.05) is 48.6 Å². The third-order valence-corrected chi connectivity index (χ3v) is 13.7. The number of amides is 1. The number of halogens is 1. The van der Waals surface area contributed by atoms with Gasteiger partial charge in [0.1, 0.15) is 28.9 Å². The molecule has 1 amide bonds. The number of anilines is 1. The summed E-state index contributed by atoms with van der Waals surface area (Å²) in [5.74, 6) is 1.76. The van der Waals surface area contributed by atoms with Gasteiger partial charge in [0.25, 0.3) is 5.91 Å². The van der Waals surface area contributed by atoms with Gasteiger partial charge < -0.3 is 24.0 Å². The molecule has 1 saturated carbocycles. The Morgan fingerprint density at radius 1 is 1.08 bits per heavy atom. The zero-order chi connectivity index (χ0) is 35.6. The van der Waals surface area contributed by atoms with E-state index in [4.69, 9.17) is 25.8 Å². The molecule has 0 bridgehead atoms. The van der Waals surface area contributed by atoms with Gasteiger partial charge in [0.2, 0.25) is 0 Å². The monoisotopic (exact) mass is 727 g/mol. The Kier molecular flexibility index (Phi) is 12.2. The Morgan fingerprint density at radius 3 is 2.52 bits per heavy atom. The minimum Gasteiger partial charge on any atom is -0.490 e. The lowest BCUT2D eigenvalue weighted by atomic mass is 9.69. The van der Waals surface area contributed by atoms with Crippen LogP contribution in [0.4, 0.5) is 5.69 Å². The van der Waals surface area contributed by atoms with E-state index in [1.807, 2.05) is 45.0 Å². The average Bonchev–Trinajstić information content (AvgIpc) is 3.59. The van der Waals surface area contributed by atoms with Crippen molar-refractivity contribution >= 4 is 34.2 Å². The molecule has 2 aromatic rings. The van der Waals surface area contributed by atoms with Crippen molar-refractivity contribution in [1.29, 1.82) is 0 Å². The van der Waals surface area contributed by atoms with Gasteiger partial charge in [0.15, 0.2) is 6.29 Å². The molecule has 10 heteroatoms. The molecule has 1 spiro atoms. The predicted molar refractivity (Wildman–Crippen MR) is 203 cm³/mol. The maximum atomic E-state index is 13.5. The van der Waals surface area contributed by atoms with E-state index in [2.05, 4.69) is 47.5 Å². The fraction of sp³-hybridized carbons (Fsp3) is 0.675.